The summed E-state index contributed by atoms with van der Waals surface area (Å²) in [5, 5.41) is 0.660. The number of benzene rings is 1. The van der Waals surface area contributed by atoms with E-state index in [9.17, 15) is 14.4 Å². The molecular formula is C21H23N3O3S. The lowest BCUT2D eigenvalue weighted by atomic mass is 10.1. The Morgan fingerprint density at radius 3 is 2.61 bits per heavy atom. The molecule has 4 rings (SSSR count). The lowest BCUT2D eigenvalue weighted by Crippen LogP contribution is -2.40. The number of fused-ring (bicyclic) bond motifs is 1. The van der Waals surface area contributed by atoms with E-state index in [1.54, 1.807) is 11.0 Å². The normalized spacial score (nSPS) is 19.0. The smallest absolute Gasteiger partial charge is 0.294 e. The standard InChI is InChI=1S/C21H23N3O3S/c1-14(2)23-12-15(16-7-3-4-8-17(16)23)11-18-20(26)24(21(27)28-18)13-19(25)22-9-5-6-10-22/h3-4,7-8,11-12,14H,5-6,9-10,13H2,1-2H3. The van der Waals surface area contributed by atoms with Crippen molar-refractivity contribution >= 4 is 45.8 Å². The molecule has 0 aliphatic carbocycles. The zero-order valence-corrected chi connectivity index (χ0v) is 16.9. The van der Waals surface area contributed by atoms with E-state index < -0.39 is 0 Å². The summed E-state index contributed by atoms with van der Waals surface area (Å²) in [7, 11) is 0. The molecule has 2 saturated heterocycles. The topological polar surface area (TPSA) is 62.6 Å². The second-order valence-electron chi connectivity index (χ2n) is 7.46. The number of imide groups is 1. The Labute approximate surface area is 168 Å². The van der Waals surface area contributed by atoms with Crippen LogP contribution in [-0.2, 0) is 9.59 Å². The van der Waals surface area contributed by atoms with E-state index in [0.717, 1.165) is 46.0 Å². The monoisotopic (exact) mass is 397 g/mol. The van der Waals surface area contributed by atoms with E-state index in [-0.39, 0.29) is 29.6 Å². The molecular weight excluding hydrogens is 374 g/mol. The second kappa shape index (κ2) is 7.47. The summed E-state index contributed by atoms with van der Waals surface area (Å²) in [6.07, 6.45) is 5.74. The molecule has 7 heteroatoms. The van der Waals surface area contributed by atoms with Gasteiger partial charge in [-0.15, -0.1) is 0 Å². The summed E-state index contributed by atoms with van der Waals surface area (Å²) in [4.78, 5) is 40.7. The molecule has 28 heavy (non-hydrogen) atoms. The van der Waals surface area contributed by atoms with E-state index in [1.165, 1.54) is 0 Å². The van der Waals surface area contributed by atoms with Crippen molar-refractivity contribution in [2.75, 3.05) is 19.6 Å². The van der Waals surface area contributed by atoms with E-state index in [4.69, 9.17) is 0 Å². The predicted octanol–water partition coefficient (Wildman–Crippen LogP) is 3.88. The molecule has 0 radical (unpaired) electrons. The maximum Gasteiger partial charge on any atom is 0.294 e. The van der Waals surface area contributed by atoms with Gasteiger partial charge in [-0.25, -0.2) is 0 Å². The molecule has 3 heterocycles. The number of nitrogens with zero attached hydrogens (tertiary/aromatic N) is 3. The van der Waals surface area contributed by atoms with E-state index >= 15 is 0 Å². The molecule has 2 aliphatic heterocycles. The highest BCUT2D eigenvalue weighted by Gasteiger charge is 2.37. The van der Waals surface area contributed by atoms with Crippen molar-refractivity contribution < 1.29 is 14.4 Å². The zero-order chi connectivity index (χ0) is 19.8. The molecule has 0 spiro atoms. The Morgan fingerprint density at radius 1 is 1.18 bits per heavy atom. The quantitative estimate of drug-likeness (QED) is 0.735. The van der Waals surface area contributed by atoms with Crippen LogP contribution in [0.1, 0.15) is 38.3 Å². The summed E-state index contributed by atoms with van der Waals surface area (Å²) in [5.41, 5.74) is 1.99. The molecule has 1 aromatic heterocycles. The maximum absolute atomic E-state index is 12.8. The van der Waals surface area contributed by atoms with E-state index in [1.807, 2.05) is 30.5 Å². The van der Waals surface area contributed by atoms with Gasteiger partial charge in [-0.05, 0) is 50.6 Å². The first-order valence-electron chi connectivity index (χ1n) is 9.58. The molecule has 6 nitrogen and oxygen atoms in total. The Kier molecular flexibility index (Phi) is 5.02. The molecule has 0 N–H and O–H groups in total. The van der Waals surface area contributed by atoms with Crippen LogP contribution in [0.5, 0.6) is 0 Å². The maximum atomic E-state index is 12.8. The van der Waals surface area contributed by atoms with Crippen LogP contribution >= 0.6 is 11.8 Å². The van der Waals surface area contributed by atoms with Crippen LogP contribution in [-0.4, -0.2) is 51.1 Å². The molecule has 2 fully saturated rings. The SMILES string of the molecule is CC(C)n1cc(C=C2SC(=O)N(CC(=O)N3CCCC3)C2=O)c2ccccc21. The molecule has 2 aromatic rings. The second-order valence-corrected chi connectivity index (χ2v) is 8.45. The molecule has 146 valence electrons. The first-order chi connectivity index (χ1) is 13.5. The number of carbonyl (C=O) groups is 3. The molecule has 0 bridgehead atoms. The van der Waals surface area contributed by atoms with Crippen LogP contribution in [0.2, 0.25) is 0 Å². The third-order valence-electron chi connectivity index (χ3n) is 5.24. The van der Waals surface area contributed by atoms with Gasteiger partial charge >= 0.3 is 0 Å². The van der Waals surface area contributed by atoms with Crippen LogP contribution in [0.25, 0.3) is 17.0 Å². The summed E-state index contributed by atoms with van der Waals surface area (Å²) < 4.78 is 2.16. The molecule has 1 aromatic carbocycles. The van der Waals surface area contributed by atoms with Gasteiger partial charge in [-0.1, -0.05) is 18.2 Å². The first kappa shape index (κ1) is 18.8. The van der Waals surface area contributed by atoms with Crippen LogP contribution < -0.4 is 0 Å². The Morgan fingerprint density at radius 2 is 1.89 bits per heavy atom. The number of para-hydroxylation sites is 1. The van der Waals surface area contributed by atoms with Crippen LogP contribution in [0, 0.1) is 0 Å². The van der Waals surface area contributed by atoms with Crippen molar-refractivity contribution in [3.05, 3.63) is 40.9 Å². The molecule has 0 atom stereocenters. The summed E-state index contributed by atoms with van der Waals surface area (Å²) in [6, 6.07) is 8.29. The van der Waals surface area contributed by atoms with Gasteiger partial charge in [-0.3, -0.25) is 19.3 Å². The van der Waals surface area contributed by atoms with Crippen molar-refractivity contribution in [3.8, 4) is 0 Å². The van der Waals surface area contributed by atoms with Gasteiger partial charge in [-0.2, -0.15) is 0 Å². The number of amides is 3. The fourth-order valence-corrected chi connectivity index (χ4v) is 4.58. The van der Waals surface area contributed by atoms with E-state index in [2.05, 4.69) is 18.4 Å². The lowest BCUT2D eigenvalue weighted by Gasteiger charge is -2.18. The minimum atomic E-state index is -0.385. The van der Waals surface area contributed by atoms with Gasteiger partial charge in [0.05, 0.1) is 4.91 Å². The zero-order valence-electron chi connectivity index (χ0n) is 16.1. The highest BCUT2D eigenvalue weighted by Crippen LogP contribution is 2.34. The summed E-state index contributed by atoms with van der Waals surface area (Å²) in [5.74, 6) is -0.540. The number of hydrogen-bond acceptors (Lipinski definition) is 4. The van der Waals surface area contributed by atoms with Gasteiger partial charge < -0.3 is 9.47 Å². The van der Waals surface area contributed by atoms with Crippen molar-refractivity contribution in [3.63, 3.8) is 0 Å². The van der Waals surface area contributed by atoms with Crippen LogP contribution in [0.4, 0.5) is 4.79 Å². The van der Waals surface area contributed by atoms with Crippen LogP contribution in [0.3, 0.4) is 0 Å². The third-order valence-corrected chi connectivity index (χ3v) is 6.15. The average Bonchev–Trinajstić information content (AvgIpc) is 3.38. The number of hydrogen-bond donors (Lipinski definition) is 0. The van der Waals surface area contributed by atoms with E-state index in [0.29, 0.717) is 18.0 Å². The fraction of sp³-hybridized carbons (Fsp3) is 0.381. The van der Waals surface area contributed by atoms with Crippen molar-refractivity contribution in [1.29, 1.82) is 0 Å². The minimum absolute atomic E-state index is 0.155. The van der Waals surface area contributed by atoms with Crippen molar-refractivity contribution in [2.24, 2.45) is 0 Å². The number of carbonyl (C=O) groups excluding carboxylic acids is 3. The average molecular weight is 398 g/mol. The fourth-order valence-electron chi connectivity index (χ4n) is 3.75. The molecule has 2 aliphatic rings. The molecule has 3 amide bonds. The van der Waals surface area contributed by atoms with Gasteiger partial charge in [0, 0.05) is 41.8 Å². The molecule has 0 saturated carbocycles. The number of likely N-dealkylation sites (tertiary alicyclic amines) is 1. The summed E-state index contributed by atoms with van der Waals surface area (Å²) >= 11 is 0.906. The van der Waals surface area contributed by atoms with Gasteiger partial charge in [0.15, 0.2) is 0 Å². The predicted molar refractivity (Wildman–Crippen MR) is 111 cm³/mol. The Balaban J connectivity index is 1.61. The highest BCUT2D eigenvalue weighted by molar-refractivity contribution is 8.18. The Bertz CT molecular complexity index is 986. The minimum Gasteiger partial charge on any atom is -0.344 e. The van der Waals surface area contributed by atoms with Gasteiger partial charge in [0.1, 0.15) is 6.54 Å². The van der Waals surface area contributed by atoms with Crippen molar-refractivity contribution in [2.45, 2.75) is 32.7 Å². The van der Waals surface area contributed by atoms with Crippen LogP contribution in [0.15, 0.2) is 35.4 Å². The lowest BCUT2D eigenvalue weighted by molar-refractivity contribution is -0.135. The summed E-state index contributed by atoms with van der Waals surface area (Å²) in [6.45, 7) is 5.46. The first-order valence-corrected chi connectivity index (χ1v) is 10.4. The Hall–Kier alpha value is -2.54. The van der Waals surface area contributed by atoms with Gasteiger partial charge in [0.25, 0.3) is 11.1 Å². The highest BCUT2D eigenvalue weighted by atomic mass is 32.2. The largest absolute Gasteiger partial charge is 0.344 e. The third kappa shape index (κ3) is 3.35. The number of rotatable bonds is 4. The number of aromatic nitrogens is 1. The molecule has 0 unspecified atom stereocenters. The number of thioether (sulfide) groups is 1. The van der Waals surface area contributed by atoms with Crippen molar-refractivity contribution in [1.82, 2.24) is 14.4 Å². The van der Waals surface area contributed by atoms with Gasteiger partial charge in [0.2, 0.25) is 5.91 Å².